The summed E-state index contributed by atoms with van der Waals surface area (Å²) in [5.41, 5.74) is 0.795. The first-order valence-electron chi connectivity index (χ1n) is 11.2. The minimum Gasteiger partial charge on any atom is -0.494 e. The van der Waals surface area contributed by atoms with E-state index in [-0.39, 0.29) is 29.8 Å². The predicted octanol–water partition coefficient (Wildman–Crippen LogP) is 3.51. The van der Waals surface area contributed by atoms with Crippen molar-refractivity contribution in [2.75, 3.05) is 38.2 Å². The fraction of sp³-hybridized carbons (Fsp3) is 0.391. The summed E-state index contributed by atoms with van der Waals surface area (Å²) in [7, 11) is -3.69. The average Bonchev–Trinajstić information content (AvgIpc) is 3.25. The summed E-state index contributed by atoms with van der Waals surface area (Å²) in [5, 5.41) is 3.43. The number of nitrogens with one attached hydrogen (secondary N) is 1. The van der Waals surface area contributed by atoms with Gasteiger partial charge < -0.3 is 19.5 Å². The van der Waals surface area contributed by atoms with E-state index in [0.29, 0.717) is 49.3 Å². The predicted molar refractivity (Wildman–Crippen MR) is 128 cm³/mol. The van der Waals surface area contributed by atoms with Crippen LogP contribution in [-0.2, 0) is 14.8 Å². The number of benzene rings is 2. The number of fused-ring (bicyclic) bond motifs is 2. The van der Waals surface area contributed by atoms with Crippen LogP contribution >= 0.6 is 11.3 Å². The van der Waals surface area contributed by atoms with E-state index in [0.717, 1.165) is 16.0 Å². The van der Waals surface area contributed by atoms with Gasteiger partial charge in [0.25, 0.3) is 0 Å². The van der Waals surface area contributed by atoms with Gasteiger partial charge in [0.2, 0.25) is 15.9 Å². The standard InChI is InChI=1S/C23H25N3O6S2/c1-2-30-16-3-5-18-21(13-16)33-23(24-18)25-22(27)15-7-9-26(10-8-15)34(28,29)17-4-6-19-20(14-17)32-12-11-31-19/h3-6,13-15H,2,7-12H2,1H3,(H,24,25,27). The van der Waals surface area contributed by atoms with E-state index < -0.39 is 10.0 Å². The van der Waals surface area contributed by atoms with Gasteiger partial charge in [0.15, 0.2) is 16.6 Å². The van der Waals surface area contributed by atoms with Crippen molar-refractivity contribution in [3.05, 3.63) is 36.4 Å². The molecule has 11 heteroatoms. The maximum absolute atomic E-state index is 13.1. The number of sulfonamides is 1. The number of amides is 1. The van der Waals surface area contributed by atoms with E-state index in [9.17, 15) is 13.2 Å². The molecule has 2 aliphatic rings. The molecule has 0 aliphatic carbocycles. The molecular formula is C23H25N3O6S2. The van der Waals surface area contributed by atoms with Gasteiger partial charge in [-0.2, -0.15) is 4.31 Å². The summed E-state index contributed by atoms with van der Waals surface area (Å²) in [6.45, 7) is 3.88. The number of ether oxygens (including phenoxy) is 3. The van der Waals surface area contributed by atoms with Crippen LogP contribution in [0.2, 0.25) is 0 Å². The monoisotopic (exact) mass is 503 g/mol. The number of nitrogens with zero attached hydrogens (tertiary/aromatic N) is 2. The van der Waals surface area contributed by atoms with Crippen molar-refractivity contribution in [3.63, 3.8) is 0 Å². The highest BCUT2D eigenvalue weighted by Crippen LogP contribution is 2.34. The van der Waals surface area contributed by atoms with E-state index in [2.05, 4.69) is 10.3 Å². The van der Waals surface area contributed by atoms with Crippen LogP contribution in [0.25, 0.3) is 10.2 Å². The molecule has 2 aromatic carbocycles. The topological polar surface area (TPSA) is 107 Å². The quantitative estimate of drug-likeness (QED) is 0.549. The number of hydrogen-bond acceptors (Lipinski definition) is 8. The molecule has 1 fully saturated rings. The van der Waals surface area contributed by atoms with Gasteiger partial charge in [-0.25, -0.2) is 13.4 Å². The zero-order valence-corrected chi connectivity index (χ0v) is 20.3. The lowest BCUT2D eigenvalue weighted by Crippen LogP contribution is -2.41. The Morgan fingerprint density at radius 1 is 1.15 bits per heavy atom. The van der Waals surface area contributed by atoms with Crippen molar-refractivity contribution in [1.29, 1.82) is 0 Å². The second-order valence-corrected chi connectivity index (χ2v) is 11.0. The van der Waals surface area contributed by atoms with Crippen molar-refractivity contribution in [3.8, 4) is 17.2 Å². The molecule has 34 heavy (non-hydrogen) atoms. The van der Waals surface area contributed by atoms with E-state index in [1.54, 1.807) is 6.07 Å². The van der Waals surface area contributed by atoms with Gasteiger partial charge in [0.1, 0.15) is 19.0 Å². The van der Waals surface area contributed by atoms with Crippen molar-refractivity contribution in [2.45, 2.75) is 24.7 Å². The summed E-state index contributed by atoms with van der Waals surface area (Å²) >= 11 is 1.39. The smallest absolute Gasteiger partial charge is 0.243 e. The highest BCUT2D eigenvalue weighted by Gasteiger charge is 2.33. The molecule has 0 spiro atoms. The first-order chi connectivity index (χ1) is 16.4. The molecule has 0 unspecified atom stereocenters. The van der Waals surface area contributed by atoms with Gasteiger partial charge in [-0.1, -0.05) is 11.3 Å². The Kier molecular flexibility index (Phi) is 6.32. The fourth-order valence-electron chi connectivity index (χ4n) is 4.11. The van der Waals surface area contributed by atoms with Gasteiger partial charge in [0.05, 0.1) is 21.7 Å². The highest BCUT2D eigenvalue weighted by atomic mass is 32.2. The van der Waals surface area contributed by atoms with Gasteiger partial charge in [-0.15, -0.1) is 0 Å². The average molecular weight is 504 g/mol. The largest absolute Gasteiger partial charge is 0.494 e. The lowest BCUT2D eigenvalue weighted by Gasteiger charge is -2.30. The number of carbonyl (C=O) groups is 1. The first-order valence-corrected chi connectivity index (χ1v) is 13.4. The van der Waals surface area contributed by atoms with Crippen molar-refractivity contribution < 1.29 is 27.4 Å². The van der Waals surface area contributed by atoms with Crippen LogP contribution in [0.15, 0.2) is 41.3 Å². The number of thiazole rings is 1. The van der Waals surface area contributed by atoms with Gasteiger partial charge in [-0.05, 0) is 50.1 Å². The third kappa shape index (κ3) is 4.55. The summed E-state index contributed by atoms with van der Waals surface area (Å²) in [4.78, 5) is 17.5. The molecule has 180 valence electrons. The van der Waals surface area contributed by atoms with E-state index >= 15 is 0 Å². The molecule has 1 N–H and O–H groups in total. The molecule has 0 bridgehead atoms. The van der Waals surface area contributed by atoms with Gasteiger partial charge >= 0.3 is 0 Å². The SMILES string of the molecule is CCOc1ccc2nc(NC(=O)C3CCN(S(=O)(=O)c4ccc5c(c4)OCCO5)CC3)sc2c1. The molecule has 1 aromatic heterocycles. The van der Waals surface area contributed by atoms with Crippen LogP contribution in [-0.4, -0.2) is 56.5 Å². The Balaban J connectivity index is 1.21. The van der Waals surface area contributed by atoms with E-state index in [4.69, 9.17) is 14.2 Å². The molecule has 5 rings (SSSR count). The Hall–Kier alpha value is -2.89. The summed E-state index contributed by atoms with van der Waals surface area (Å²) < 4.78 is 45.1. The molecule has 1 saturated heterocycles. The second kappa shape index (κ2) is 9.40. The maximum atomic E-state index is 13.1. The van der Waals surface area contributed by atoms with E-state index in [1.165, 1.54) is 27.8 Å². The van der Waals surface area contributed by atoms with Crippen molar-refractivity contribution in [1.82, 2.24) is 9.29 Å². The summed E-state index contributed by atoms with van der Waals surface area (Å²) in [6.07, 6.45) is 0.879. The number of carbonyl (C=O) groups excluding carboxylic acids is 1. The van der Waals surface area contributed by atoms with Crippen LogP contribution in [0.4, 0.5) is 5.13 Å². The Labute approximate surface area is 201 Å². The number of piperidine rings is 1. The van der Waals surface area contributed by atoms with Crippen LogP contribution in [0.1, 0.15) is 19.8 Å². The lowest BCUT2D eigenvalue weighted by molar-refractivity contribution is -0.120. The second-order valence-electron chi connectivity index (χ2n) is 8.05. The zero-order chi connectivity index (χ0) is 23.7. The van der Waals surface area contributed by atoms with E-state index in [1.807, 2.05) is 25.1 Å². The Morgan fingerprint density at radius 3 is 2.68 bits per heavy atom. The third-order valence-corrected chi connectivity index (χ3v) is 8.71. The summed E-state index contributed by atoms with van der Waals surface area (Å²) in [6, 6.07) is 10.3. The first kappa shape index (κ1) is 22.9. The van der Waals surface area contributed by atoms with Crippen LogP contribution in [0.5, 0.6) is 17.2 Å². The number of aromatic nitrogens is 1. The minimum atomic E-state index is -3.69. The zero-order valence-electron chi connectivity index (χ0n) is 18.7. The molecule has 0 saturated carbocycles. The maximum Gasteiger partial charge on any atom is 0.243 e. The number of anilines is 1. The van der Waals surface area contributed by atoms with Gasteiger partial charge in [0, 0.05) is 25.1 Å². The number of rotatable bonds is 6. The number of hydrogen-bond donors (Lipinski definition) is 1. The van der Waals surface area contributed by atoms with Crippen LogP contribution in [0, 0.1) is 5.92 Å². The molecule has 0 atom stereocenters. The molecule has 2 aliphatic heterocycles. The van der Waals surface area contributed by atoms with Crippen LogP contribution in [0.3, 0.4) is 0 Å². The normalized spacial score (nSPS) is 17.0. The molecular weight excluding hydrogens is 478 g/mol. The van der Waals surface area contributed by atoms with Gasteiger partial charge in [-0.3, -0.25) is 4.79 Å². The van der Waals surface area contributed by atoms with Crippen molar-refractivity contribution >= 4 is 42.6 Å². The third-order valence-electron chi connectivity index (χ3n) is 5.88. The summed E-state index contributed by atoms with van der Waals surface area (Å²) in [5.74, 6) is 1.33. The molecule has 3 heterocycles. The highest BCUT2D eigenvalue weighted by molar-refractivity contribution is 7.89. The molecule has 3 aromatic rings. The Bertz CT molecular complexity index is 1320. The minimum absolute atomic E-state index is 0.138. The lowest BCUT2D eigenvalue weighted by atomic mass is 9.97. The molecule has 0 radical (unpaired) electrons. The molecule has 9 nitrogen and oxygen atoms in total. The van der Waals surface area contributed by atoms with Crippen molar-refractivity contribution in [2.24, 2.45) is 5.92 Å². The van der Waals surface area contributed by atoms with Crippen LogP contribution < -0.4 is 19.5 Å². The fourth-order valence-corrected chi connectivity index (χ4v) is 6.50. The molecule has 1 amide bonds. The Morgan fingerprint density at radius 2 is 1.91 bits per heavy atom.